The summed E-state index contributed by atoms with van der Waals surface area (Å²) in [5.41, 5.74) is 0.854. The predicted octanol–water partition coefficient (Wildman–Crippen LogP) is 3.50. The van der Waals surface area contributed by atoms with Crippen LogP contribution in [0.3, 0.4) is 0 Å². The van der Waals surface area contributed by atoms with Crippen molar-refractivity contribution in [3.05, 3.63) is 35.6 Å². The van der Waals surface area contributed by atoms with E-state index in [4.69, 9.17) is 0 Å². The van der Waals surface area contributed by atoms with Crippen LogP contribution >= 0.6 is 0 Å². The number of benzene rings is 1. The molecular weight excluding hydrogens is 284 g/mol. The van der Waals surface area contributed by atoms with E-state index in [1.165, 1.54) is 17.0 Å². The Labute approximate surface area is 122 Å². The first kappa shape index (κ1) is 16.2. The minimum absolute atomic E-state index is 0.0140. The molecule has 0 saturated carbocycles. The maximum absolute atomic E-state index is 13.2. The lowest BCUT2D eigenvalue weighted by atomic mass is 10.0. The van der Waals surface area contributed by atoms with Gasteiger partial charge in [0.25, 0.3) is 0 Å². The highest BCUT2D eigenvalue weighted by atomic mass is 19.4. The Hall–Kier alpha value is -1.14. The van der Waals surface area contributed by atoms with Gasteiger partial charge in [-0.25, -0.2) is 4.39 Å². The molecule has 1 saturated heterocycles. The van der Waals surface area contributed by atoms with Crippen molar-refractivity contribution in [2.75, 3.05) is 19.6 Å². The van der Waals surface area contributed by atoms with E-state index in [0.717, 1.165) is 5.56 Å². The number of halogens is 4. The van der Waals surface area contributed by atoms with Gasteiger partial charge >= 0.3 is 6.18 Å². The van der Waals surface area contributed by atoms with Gasteiger partial charge in [0.05, 0.1) is 6.54 Å². The molecule has 0 amide bonds. The summed E-state index contributed by atoms with van der Waals surface area (Å²) in [7, 11) is 0. The molecule has 2 rings (SSSR count). The van der Waals surface area contributed by atoms with Gasteiger partial charge in [-0.1, -0.05) is 12.1 Å². The lowest BCUT2D eigenvalue weighted by molar-refractivity contribution is -0.148. The molecule has 0 bridgehead atoms. The fourth-order valence-electron chi connectivity index (χ4n) is 2.74. The molecular formula is C15H20F4N2. The second kappa shape index (κ2) is 6.75. The average Bonchev–Trinajstić information content (AvgIpc) is 2.39. The summed E-state index contributed by atoms with van der Waals surface area (Å²) in [4.78, 5) is 1.44. The number of nitrogens with one attached hydrogen (secondary N) is 1. The van der Waals surface area contributed by atoms with E-state index in [-0.39, 0.29) is 17.9 Å². The van der Waals surface area contributed by atoms with E-state index in [2.05, 4.69) is 5.32 Å². The van der Waals surface area contributed by atoms with Crippen molar-refractivity contribution >= 4 is 0 Å². The molecule has 1 heterocycles. The molecule has 0 spiro atoms. The molecule has 0 aromatic heterocycles. The summed E-state index contributed by atoms with van der Waals surface area (Å²) in [5.74, 6) is -0.277. The summed E-state index contributed by atoms with van der Waals surface area (Å²) in [6.07, 6.45) is -2.78. The van der Waals surface area contributed by atoms with Crippen LogP contribution in [0, 0.1) is 5.82 Å². The molecule has 0 unspecified atom stereocenters. The minimum atomic E-state index is -4.13. The Morgan fingerprint density at radius 3 is 2.52 bits per heavy atom. The number of alkyl halides is 3. The molecule has 1 fully saturated rings. The van der Waals surface area contributed by atoms with Crippen LogP contribution in [0.25, 0.3) is 0 Å². The van der Waals surface area contributed by atoms with Crippen LogP contribution in [0.15, 0.2) is 24.3 Å². The molecule has 0 aliphatic carbocycles. The highest BCUT2D eigenvalue weighted by molar-refractivity contribution is 5.19. The summed E-state index contributed by atoms with van der Waals surface area (Å²) in [5, 5.41) is 3.37. The van der Waals surface area contributed by atoms with E-state index in [1.54, 1.807) is 6.07 Å². The molecule has 1 atom stereocenters. The van der Waals surface area contributed by atoms with E-state index >= 15 is 0 Å². The fraction of sp³-hybridized carbons (Fsp3) is 0.600. The van der Waals surface area contributed by atoms with Gasteiger partial charge in [0, 0.05) is 12.1 Å². The number of likely N-dealkylation sites (tertiary alicyclic amines) is 1. The average molecular weight is 304 g/mol. The van der Waals surface area contributed by atoms with Gasteiger partial charge in [-0.05, 0) is 50.6 Å². The molecule has 1 aromatic carbocycles. The Balaban J connectivity index is 1.81. The van der Waals surface area contributed by atoms with Crippen molar-refractivity contribution in [3.63, 3.8) is 0 Å². The van der Waals surface area contributed by atoms with Crippen molar-refractivity contribution in [2.45, 2.75) is 38.0 Å². The second-order valence-electron chi connectivity index (χ2n) is 5.61. The van der Waals surface area contributed by atoms with Crippen LogP contribution in [0.1, 0.15) is 31.4 Å². The monoisotopic (exact) mass is 304 g/mol. The summed E-state index contributed by atoms with van der Waals surface area (Å²) in [6.45, 7) is 1.98. The van der Waals surface area contributed by atoms with Crippen LogP contribution in [0.5, 0.6) is 0 Å². The SMILES string of the molecule is C[C@@H](NC1CCN(CC(F)(F)F)CC1)c1cccc(F)c1. The number of rotatable bonds is 4. The normalized spacial score (nSPS) is 19.7. The van der Waals surface area contributed by atoms with Gasteiger partial charge < -0.3 is 5.32 Å². The van der Waals surface area contributed by atoms with Gasteiger partial charge in [0.15, 0.2) is 0 Å². The highest BCUT2D eigenvalue weighted by Crippen LogP contribution is 2.21. The second-order valence-corrected chi connectivity index (χ2v) is 5.61. The van der Waals surface area contributed by atoms with Crippen molar-refractivity contribution in [3.8, 4) is 0 Å². The van der Waals surface area contributed by atoms with Gasteiger partial charge in [-0.15, -0.1) is 0 Å². The van der Waals surface area contributed by atoms with E-state index in [1.807, 2.05) is 13.0 Å². The standard InChI is InChI=1S/C15H20F4N2/c1-11(12-3-2-4-13(16)9-12)20-14-5-7-21(8-6-14)10-15(17,18)19/h2-4,9,11,14,20H,5-8,10H2,1H3/t11-/m1/s1. The van der Waals surface area contributed by atoms with Gasteiger partial charge in [0.2, 0.25) is 0 Å². The Kier molecular flexibility index (Phi) is 5.22. The quantitative estimate of drug-likeness (QED) is 0.857. The third kappa shape index (κ3) is 5.28. The first-order chi connectivity index (χ1) is 9.83. The van der Waals surface area contributed by atoms with Crippen molar-refractivity contribution < 1.29 is 17.6 Å². The molecule has 1 aromatic rings. The minimum Gasteiger partial charge on any atom is -0.307 e. The molecule has 1 aliphatic rings. The maximum Gasteiger partial charge on any atom is 0.401 e. The lowest BCUT2D eigenvalue weighted by Crippen LogP contribution is -2.46. The zero-order valence-electron chi connectivity index (χ0n) is 12.0. The molecule has 2 nitrogen and oxygen atoms in total. The van der Waals surface area contributed by atoms with Crippen LogP contribution in [-0.4, -0.2) is 36.8 Å². The first-order valence-corrected chi connectivity index (χ1v) is 7.14. The molecule has 1 N–H and O–H groups in total. The molecule has 21 heavy (non-hydrogen) atoms. The highest BCUT2D eigenvalue weighted by Gasteiger charge is 2.32. The Bertz CT molecular complexity index is 453. The van der Waals surface area contributed by atoms with E-state index in [9.17, 15) is 17.6 Å². The fourth-order valence-corrected chi connectivity index (χ4v) is 2.74. The third-order valence-corrected chi connectivity index (χ3v) is 3.82. The Morgan fingerprint density at radius 2 is 1.95 bits per heavy atom. The van der Waals surface area contributed by atoms with E-state index in [0.29, 0.717) is 25.9 Å². The van der Waals surface area contributed by atoms with Crippen LogP contribution in [-0.2, 0) is 0 Å². The predicted molar refractivity (Wildman–Crippen MR) is 73.5 cm³/mol. The number of hydrogen-bond donors (Lipinski definition) is 1. The lowest BCUT2D eigenvalue weighted by Gasteiger charge is -2.34. The summed E-state index contributed by atoms with van der Waals surface area (Å²) in [6, 6.07) is 6.55. The Morgan fingerprint density at radius 1 is 1.29 bits per heavy atom. The topological polar surface area (TPSA) is 15.3 Å². The summed E-state index contributed by atoms with van der Waals surface area (Å²) < 4.78 is 50.1. The van der Waals surface area contributed by atoms with Gasteiger partial charge in [-0.2, -0.15) is 13.2 Å². The molecule has 0 radical (unpaired) electrons. The van der Waals surface area contributed by atoms with Crippen LogP contribution in [0.4, 0.5) is 17.6 Å². The first-order valence-electron chi connectivity index (χ1n) is 7.14. The van der Waals surface area contributed by atoms with Crippen LogP contribution < -0.4 is 5.32 Å². The zero-order chi connectivity index (χ0) is 15.5. The molecule has 118 valence electrons. The largest absolute Gasteiger partial charge is 0.401 e. The number of hydrogen-bond acceptors (Lipinski definition) is 2. The molecule has 1 aliphatic heterocycles. The maximum atomic E-state index is 13.2. The van der Waals surface area contributed by atoms with Gasteiger partial charge in [-0.3, -0.25) is 4.90 Å². The number of piperidine rings is 1. The smallest absolute Gasteiger partial charge is 0.307 e. The molecule has 6 heteroatoms. The van der Waals surface area contributed by atoms with Crippen molar-refractivity contribution in [2.24, 2.45) is 0 Å². The van der Waals surface area contributed by atoms with Crippen molar-refractivity contribution in [1.82, 2.24) is 10.2 Å². The third-order valence-electron chi connectivity index (χ3n) is 3.82. The zero-order valence-corrected chi connectivity index (χ0v) is 12.0. The van der Waals surface area contributed by atoms with Crippen molar-refractivity contribution in [1.29, 1.82) is 0 Å². The van der Waals surface area contributed by atoms with E-state index < -0.39 is 12.7 Å². The summed E-state index contributed by atoms with van der Waals surface area (Å²) >= 11 is 0. The number of nitrogens with zero attached hydrogens (tertiary/aromatic N) is 1. The van der Waals surface area contributed by atoms with Crippen LogP contribution in [0.2, 0.25) is 0 Å². The van der Waals surface area contributed by atoms with Gasteiger partial charge in [0.1, 0.15) is 5.82 Å².